The van der Waals surface area contributed by atoms with E-state index < -0.39 is 5.91 Å². The number of rotatable bonds is 3. The van der Waals surface area contributed by atoms with Crippen molar-refractivity contribution < 1.29 is 9.21 Å². The van der Waals surface area contributed by atoms with E-state index in [1.807, 2.05) is 6.07 Å². The van der Waals surface area contributed by atoms with Gasteiger partial charge >= 0.3 is 5.91 Å². The van der Waals surface area contributed by atoms with Crippen molar-refractivity contribution >= 4 is 5.91 Å². The van der Waals surface area contributed by atoms with Gasteiger partial charge in [-0.3, -0.25) is 20.0 Å². The zero-order valence-corrected chi connectivity index (χ0v) is 11.8. The average Bonchev–Trinajstić information content (AvgIpc) is 2.81. The molecule has 1 saturated heterocycles. The highest BCUT2D eigenvalue weighted by atomic mass is 16.4. The molecule has 1 amide bonds. The molecule has 0 spiro atoms. The second-order valence-electron chi connectivity index (χ2n) is 5.68. The molecule has 1 aliphatic rings. The van der Waals surface area contributed by atoms with Gasteiger partial charge in [-0.25, -0.2) is 5.84 Å². The van der Waals surface area contributed by atoms with Gasteiger partial charge in [-0.1, -0.05) is 0 Å². The summed E-state index contributed by atoms with van der Waals surface area (Å²) < 4.78 is 5.49. The van der Waals surface area contributed by atoms with Crippen molar-refractivity contribution in [3.63, 3.8) is 0 Å². The zero-order valence-electron chi connectivity index (χ0n) is 11.8. The zero-order chi connectivity index (χ0) is 14.0. The van der Waals surface area contributed by atoms with Crippen molar-refractivity contribution in [3.8, 4) is 0 Å². The first-order chi connectivity index (χ1) is 8.92. The van der Waals surface area contributed by atoms with Crippen molar-refractivity contribution in [2.75, 3.05) is 26.7 Å². The van der Waals surface area contributed by atoms with Crippen LogP contribution >= 0.6 is 0 Å². The van der Waals surface area contributed by atoms with Crippen molar-refractivity contribution in [1.82, 2.24) is 15.2 Å². The number of hydrogen-bond donors (Lipinski definition) is 2. The molecule has 3 N–H and O–H groups in total. The van der Waals surface area contributed by atoms with Crippen LogP contribution in [-0.4, -0.2) is 47.9 Å². The first kappa shape index (κ1) is 14.0. The Morgan fingerprint density at radius 2 is 2.21 bits per heavy atom. The summed E-state index contributed by atoms with van der Waals surface area (Å²) in [7, 11) is 2.15. The van der Waals surface area contributed by atoms with Gasteiger partial charge in [-0.2, -0.15) is 0 Å². The third-order valence-corrected chi connectivity index (χ3v) is 3.79. The lowest BCUT2D eigenvalue weighted by molar-refractivity contribution is 0.0326. The molecule has 0 unspecified atom stereocenters. The molecule has 106 valence electrons. The van der Waals surface area contributed by atoms with Gasteiger partial charge in [0.05, 0.1) is 6.54 Å². The van der Waals surface area contributed by atoms with Gasteiger partial charge in [-0.15, -0.1) is 0 Å². The smallest absolute Gasteiger partial charge is 0.300 e. The number of hydrogen-bond acceptors (Lipinski definition) is 5. The van der Waals surface area contributed by atoms with Crippen molar-refractivity contribution in [3.05, 3.63) is 23.7 Å². The van der Waals surface area contributed by atoms with E-state index in [1.165, 1.54) is 0 Å². The quantitative estimate of drug-likeness (QED) is 0.471. The van der Waals surface area contributed by atoms with Crippen LogP contribution in [-0.2, 0) is 6.54 Å². The van der Waals surface area contributed by atoms with Gasteiger partial charge in [0.2, 0.25) is 0 Å². The minimum atomic E-state index is -0.398. The molecule has 1 aliphatic heterocycles. The minimum absolute atomic E-state index is 0.155. The molecule has 2 heterocycles. The lowest BCUT2D eigenvalue weighted by Crippen LogP contribution is -2.57. The Kier molecular flexibility index (Phi) is 3.93. The Labute approximate surface area is 113 Å². The molecule has 0 saturated carbocycles. The average molecular weight is 266 g/mol. The highest BCUT2D eigenvalue weighted by molar-refractivity contribution is 5.90. The standard InChI is InChI=1S/C13H22N4O2/c1-13(2)9-17(7-6-16(13)3)8-10-4-5-11(19-10)12(18)15-14/h4-5H,6-9,14H2,1-3H3,(H,15,18). The monoisotopic (exact) mass is 266 g/mol. The molecule has 0 atom stereocenters. The number of amides is 1. The van der Waals surface area contributed by atoms with Crippen LogP contribution in [0.5, 0.6) is 0 Å². The summed E-state index contributed by atoms with van der Waals surface area (Å²) in [5.41, 5.74) is 2.22. The predicted molar refractivity (Wildman–Crippen MR) is 72.3 cm³/mol. The number of furan rings is 1. The summed E-state index contributed by atoms with van der Waals surface area (Å²) in [6.07, 6.45) is 0. The number of hydrazine groups is 1. The maximum absolute atomic E-state index is 11.3. The number of carbonyl (C=O) groups is 1. The number of likely N-dealkylation sites (N-methyl/N-ethyl adjacent to an activating group) is 1. The van der Waals surface area contributed by atoms with Crippen LogP contribution < -0.4 is 11.3 Å². The number of nitrogens with two attached hydrogens (primary N) is 1. The molecule has 1 aromatic rings. The van der Waals surface area contributed by atoms with Crippen LogP contribution in [0.1, 0.15) is 30.2 Å². The van der Waals surface area contributed by atoms with Gasteiger partial charge in [0.25, 0.3) is 0 Å². The molecular formula is C13H22N4O2. The Hall–Kier alpha value is -1.37. The highest BCUT2D eigenvalue weighted by Crippen LogP contribution is 2.21. The topological polar surface area (TPSA) is 74.7 Å². The molecule has 1 aromatic heterocycles. The van der Waals surface area contributed by atoms with E-state index in [0.717, 1.165) is 31.9 Å². The molecule has 0 aromatic carbocycles. The van der Waals surface area contributed by atoms with Gasteiger partial charge < -0.3 is 4.42 Å². The predicted octanol–water partition coefficient (Wildman–Crippen LogP) is 0.409. The summed E-state index contributed by atoms with van der Waals surface area (Å²) in [6.45, 7) is 8.18. The molecule has 1 fully saturated rings. The Morgan fingerprint density at radius 1 is 1.47 bits per heavy atom. The summed E-state index contributed by atoms with van der Waals surface area (Å²) in [4.78, 5) is 16.0. The normalized spacial score (nSPS) is 20.4. The van der Waals surface area contributed by atoms with Gasteiger partial charge in [-0.05, 0) is 33.0 Å². The summed E-state index contributed by atoms with van der Waals surface area (Å²) in [6, 6.07) is 3.48. The first-order valence-electron chi connectivity index (χ1n) is 6.45. The Balaban J connectivity index is 1.98. The van der Waals surface area contributed by atoms with Crippen LogP contribution in [0.25, 0.3) is 0 Å². The second kappa shape index (κ2) is 5.32. The van der Waals surface area contributed by atoms with Gasteiger partial charge in [0.1, 0.15) is 5.76 Å². The summed E-state index contributed by atoms with van der Waals surface area (Å²) in [5, 5.41) is 0. The summed E-state index contributed by atoms with van der Waals surface area (Å²) in [5.74, 6) is 5.72. The van der Waals surface area contributed by atoms with Crippen molar-refractivity contribution in [2.45, 2.75) is 25.9 Å². The van der Waals surface area contributed by atoms with E-state index in [2.05, 4.69) is 36.1 Å². The fraction of sp³-hybridized carbons (Fsp3) is 0.615. The lowest BCUT2D eigenvalue weighted by Gasteiger charge is -2.45. The molecule has 0 aliphatic carbocycles. The van der Waals surface area contributed by atoms with Crippen molar-refractivity contribution in [2.24, 2.45) is 5.84 Å². The third-order valence-electron chi connectivity index (χ3n) is 3.79. The molecule has 2 rings (SSSR count). The highest BCUT2D eigenvalue weighted by Gasteiger charge is 2.31. The molecule has 0 radical (unpaired) electrons. The number of piperazine rings is 1. The Morgan fingerprint density at radius 3 is 2.84 bits per heavy atom. The number of nitrogens with one attached hydrogen (secondary N) is 1. The van der Waals surface area contributed by atoms with Gasteiger partial charge in [0.15, 0.2) is 5.76 Å². The summed E-state index contributed by atoms with van der Waals surface area (Å²) >= 11 is 0. The first-order valence-corrected chi connectivity index (χ1v) is 6.45. The van der Waals surface area contributed by atoms with Crippen LogP contribution in [0, 0.1) is 0 Å². The van der Waals surface area contributed by atoms with Crippen LogP contribution in [0.4, 0.5) is 0 Å². The van der Waals surface area contributed by atoms with E-state index in [0.29, 0.717) is 0 Å². The third kappa shape index (κ3) is 3.15. The maximum atomic E-state index is 11.3. The van der Waals surface area contributed by atoms with Gasteiger partial charge in [0, 0.05) is 25.2 Å². The van der Waals surface area contributed by atoms with Crippen LogP contribution in [0.15, 0.2) is 16.5 Å². The second-order valence-corrected chi connectivity index (χ2v) is 5.68. The molecule has 6 nitrogen and oxygen atoms in total. The van der Waals surface area contributed by atoms with E-state index >= 15 is 0 Å². The molecule has 6 heteroatoms. The number of nitrogen functional groups attached to an aromatic ring is 1. The number of carbonyl (C=O) groups excluding carboxylic acids is 1. The van der Waals surface area contributed by atoms with E-state index in [4.69, 9.17) is 10.3 Å². The SMILES string of the molecule is CN1CCN(Cc2ccc(C(=O)NN)o2)CC1(C)C. The molecule has 0 bridgehead atoms. The lowest BCUT2D eigenvalue weighted by atomic mass is 10.00. The Bertz CT molecular complexity index is 455. The van der Waals surface area contributed by atoms with Crippen LogP contribution in [0.3, 0.4) is 0 Å². The minimum Gasteiger partial charge on any atom is -0.455 e. The fourth-order valence-electron chi connectivity index (χ4n) is 2.35. The van der Waals surface area contributed by atoms with E-state index in [9.17, 15) is 4.79 Å². The maximum Gasteiger partial charge on any atom is 0.300 e. The van der Waals surface area contributed by atoms with E-state index in [1.54, 1.807) is 6.07 Å². The molecular weight excluding hydrogens is 244 g/mol. The van der Waals surface area contributed by atoms with E-state index in [-0.39, 0.29) is 11.3 Å². The van der Waals surface area contributed by atoms with Crippen LogP contribution in [0.2, 0.25) is 0 Å². The number of nitrogens with zero attached hydrogens (tertiary/aromatic N) is 2. The van der Waals surface area contributed by atoms with Crippen molar-refractivity contribution in [1.29, 1.82) is 0 Å². The largest absolute Gasteiger partial charge is 0.455 e. The fourth-order valence-corrected chi connectivity index (χ4v) is 2.35. The molecule has 19 heavy (non-hydrogen) atoms.